The summed E-state index contributed by atoms with van der Waals surface area (Å²) in [4.78, 5) is 14.4. The van der Waals surface area contributed by atoms with Crippen LogP contribution in [0.1, 0.15) is 40.0 Å². The average molecular weight is 381 g/mol. The molecule has 3 nitrogen and oxygen atoms in total. The van der Waals surface area contributed by atoms with Crippen LogP contribution in [0.5, 0.6) is 0 Å². The molecule has 0 bridgehead atoms. The molecule has 1 aliphatic rings. The SMILES string of the molecule is CC(C)(C)[Si](C)(C)OC1CCCC(N=C=O)C1I. The maximum Gasteiger partial charge on any atom is 0.235 e. The lowest BCUT2D eigenvalue weighted by Crippen LogP contribution is -2.49. The molecule has 1 aliphatic carbocycles. The van der Waals surface area contributed by atoms with Gasteiger partial charge in [-0.1, -0.05) is 43.4 Å². The fraction of sp³-hybridized carbons (Fsp3) is 0.923. The molecule has 3 unspecified atom stereocenters. The van der Waals surface area contributed by atoms with E-state index in [1.54, 1.807) is 6.08 Å². The Morgan fingerprint density at radius 2 is 1.94 bits per heavy atom. The van der Waals surface area contributed by atoms with E-state index < -0.39 is 8.32 Å². The second kappa shape index (κ2) is 6.16. The van der Waals surface area contributed by atoms with Gasteiger partial charge in [-0.3, -0.25) is 0 Å². The fourth-order valence-corrected chi connectivity index (χ4v) is 4.66. The van der Waals surface area contributed by atoms with Gasteiger partial charge < -0.3 is 4.43 Å². The Morgan fingerprint density at radius 1 is 1.33 bits per heavy atom. The number of hydrogen-bond acceptors (Lipinski definition) is 3. The van der Waals surface area contributed by atoms with Crippen molar-refractivity contribution in [2.75, 3.05) is 0 Å². The van der Waals surface area contributed by atoms with Crippen LogP contribution in [0.3, 0.4) is 0 Å². The maximum atomic E-state index is 10.4. The van der Waals surface area contributed by atoms with Gasteiger partial charge in [0.05, 0.1) is 16.1 Å². The van der Waals surface area contributed by atoms with Gasteiger partial charge in [0.25, 0.3) is 0 Å². The number of aliphatic imine (C=N–C) groups is 1. The van der Waals surface area contributed by atoms with Crippen molar-refractivity contribution in [1.82, 2.24) is 0 Å². The van der Waals surface area contributed by atoms with Gasteiger partial charge in [-0.25, -0.2) is 9.79 Å². The van der Waals surface area contributed by atoms with Crippen molar-refractivity contribution in [3.05, 3.63) is 0 Å². The third-order valence-corrected chi connectivity index (χ3v) is 10.3. The van der Waals surface area contributed by atoms with Crippen molar-refractivity contribution in [2.24, 2.45) is 4.99 Å². The van der Waals surface area contributed by atoms with E-state index in [2.05, 4.69) is 61.4 Å². The van der Waals surface area contributed by atoms with E-state index in [0.717, 1.165) is 19.3 Å². The molecule has 1 saturated carbocycles. The lowest BCUT2D eigenvalue weighted by atomic mass is 9.93. The molecule has 3 atom stereocenters. The number of hydrogen-bond donors (Lipinski definition) is 0. The predicted molar refractivity (Wildman–Crippen MR) is 85.6 cm³/mol. The average Bonchev–Trinajstić information content (AvgIpc) is 2.22. The smallest absolute Gasteiger partial charge is 0.235 e. The van der Waals surface area contributed by atoms with E-state index in [9.17, 15) is 4.79 Å². The van der Waals surface area contributed by atoms with Gasteiger partial charge in [-0.05, 0) is 37.4 Å². The van der Waals surface area contributed by atoms with Crippen LogP contribution in [0.25, 0.3) is 0 Å². The van der Waals surface area contributed by atoms with E-state index in [1.165, 1.54) is 0 Å². The first-order chi connectivity index (χ1) is 8.19. The molecule has 1 rings (SSSR count). The minimum Gasteiger partial charge on any atom is -0.413 e. The van der Waals surface area contributed by atoms with Crippen LogP contribution in [0.2, 0.25) is 18.1 Å². The Morgan fingerprint density at radius 3 is 2.44 bits per heavy atom. The molecule has 0 amide bonds. The van der Waals surface area contributed by atoms with Gasteiger partial charge >= 0.3 is 0 Å². The number of isocyanates is 1. The summed E-state index contributed by atoms with van der Waals surface area (Å²) in [6.07, 6.45) is 5.11. The molecule has 18 heavy (non-hydrogen) atoms. The topological polar surface area (TPSA) is 38.7 Å². The Hall–Kier alpha value is 0.287. The number of carbonyl (C=O) groups excluding carboxylic acids is 1. The Labute approximate surface area is 125 Å². The van der Waals surface area contributed by atoms with Crippen molar-refractivity contribution in [1.29, 1.82) is 0 Å². The molecule has 1 fully saturated rings. The molecule has 0 aromatic rings. The molecule has 0 aliphatic heterocycles. The first-order valence-corrected chi connectivity index (χ1v) is 10.7. The molecule has 0 aromatic carbocycles. The lowest BCUT2D eigenvalue weighted by Gasteiger charge is -2.42. The van der Waals surface area contributed by atoms with E-state index in [-0.39, 0.29) is 17.2 Å². The highest BCUT2D eigenvalue weighted by Crippen LogP contribution is 2.40. The van der Waals surface area contributed by atoms with Crippen LogP contribution < -0.4 is 0 Å². The Bertz CT molecular complexity index is 334. The van der Waals surface area contributed by atoms with Crippen LogP contribution in [-0.4, -0.2) is 30.5 Å². The standard InChI is InChI=1S/C13H24INO2Si/c1-13(2,3)18(4,5)17-11-8-6-7-10(12(11)14)15-9-16/h10-12H,6-8H2,1-5H3. The van der Waals surface area contributed by atoms with Gasteiger partial charge in [0.15, 0.2) is 8.32 Å². The van der Waals surface area contributed by atoms with Gasteiger partial charge in [0.1, 0.15) is 0 Å². The number of alkyl halides is 1. The van der Waals surface area contributed by atoms with E-state index in [1.807, 2.05) is 0 Å². The van der Waals surface area contributed by atoms with E-state index >= 15 is 0 Å². The molecule has 0 aromatic heterocycles. The zero-order valence-corrected chi connectivity index (χ0v) is 15.2. The fourth-order valence-electron chi connectivity index (χ4n) is 1.98. The second-order valence-corrected chi connectivity index (χ2v) is 12.8. The first-order valence-electron chi connectivity index (χ1n) is 6.58. The zero-order chi connectivity index (χ0) is 14.0. The van der Waals surface area contributed by atoms with Crippen LogP contribution in [0.4, 0.5) is 0 Å². The Kier molecular flexibility index (Phi) is 5.59. The third-order valence-electron chi connectivity index (χ3n) is 4.18. The summed E-state index contributed by atoms with van der Waals surface area (Å²) >= 11 is 2.40. The summed E-state index contributed by atoms with van der Waals surface area (Å²) in [6, 6.07) is 0.0895. The van der Waals surface area contributed by atoms with Crippen molar-refractivity contribution >= 4 is 37.0 Å². The van der Waals surface area contributed by atoms with Gasteiger partial charge in [-0.15, -0.1) is 0 Å². The highest BCUT2D eigenvalue weighted by molar-refractivity contribution is 14.1. The van der Waals surface area contributed by atoms with Gasteiger partial charge in [0, 0.05) is 0 Å². The molecule has 5 heteroatoms. The summed E-state index contributed by atoms with van der Waals surface area (Å²) in [5.74, 6) is 0. The summed E-state index contributed by atoms with van der Waals surface area (Å²) < 4.78 is 6.77. The normalized spacial score (nSPS) is 29.8. The first kappa shape index (κ1) is 16.3. The van der Waals surface area contributed by atoms with Crippen molar-refractivity contribution in [2.45, 2.75) is 74.2 Å². The second-order valence-electron chi connectivity index (χ2n) is 6.58. The number of halogens is 1. The number of nitrogens with zero attached hydrogens (tertiary/aromatic N) is 1. The molecule has 0 spiro atoms. The van der Waals surface area contributed by atoms with E-state index in [4.69, 9.17) is 4.43 Å². The van der Waals surface area contributed by atoms with Crippen LogP contribution in [0.15, 0.2) is 4.99 Å². The zero-order valence-electron chi connectivity index (χ0n) is 12.0. The maximum absolute atomic E-state index is 10.4. The lowest BCUT2D eigenvalue weighted by molar-refractivity contribution is 0.141. The molecule has 0 N–H and O–H groups in total. The van der Waals surface area contributed by atoms with Gasteiger partial charge in [-0.2, -0.15) is 0 Å². The minimum atomic E-state index is -1.73. The van der Waals surface area contributed by atoms with Crippen molar-refractivity contribution in [3.63, 3.8) is 0 Å². The van der Waals surface area contributed by atoms with Gasteiger partial charge in [0.2, 0.25) is 6.08 Å². The molecule has 0 heterocycles. The summed E-state index contributed by atoms with van der Waals surface area (Å²) in [5.41, 5.74) is 0. The largest absolute Gasteiger partial charge is 0.413 e. The molecular weight excluding hydrogens is 357 g/mol. The monoisotopic (exact) mass is 381 g/mol. The summed E-state index contributed by atoms with van der Waals surface area (Å²) in [6.45, 7) is 11.3. The molecular formula is C13H24INO2Si. The Balaban J connectivity index is 2.75. The highest BCUT2D eigenvalue weighted by Gasteiger charge is 2.42. The minimum absolute atomic E-state index is 0.0895. The summed E-state index contributed by atoms with van der Waals surface area (Å²) in [5, 5.41) is 0.226. The third kappa shape index (κ3) is 3.89. The molecule has 0 radical (unpaired) electrons. The van der Waals surface area contributed by atoms with Crippen LogP contribution in [0, 0.1) is 0 Å². The highest BCUT2D eigenvalue weighted by atomic mass is 127. The molecule has 0 saturated heterocycles. The van der Waals surface area contributed by atoms with Crippen LogP contribution >= 0.6 is 22.6 Å². The quantitative estimate of drug-likeness (QED) is 0.243. The van der Waals surface area contributed by atoms with Crippen molar-refractivity contribution < 1.29 is 9.22 Å². The van der Waals surface area contributed by atoms with Crippen LogP contribution in [-0.2, 0) is 9.22 Å². The predicted octanol–water partition coefficient (Wildman–Crippen LogP) is 4.07. The summed E-state index contributed by atoms with van der Waals surface area (Å²) in [7, 11) is -1.73. The van der Waals surface area contributed by atoms with Crippen molar-refractivity contribution in [3.8, 4) is 0 Å². The number of rotatable bonds is 3. The van der Waals surface area contributed by atoms with E-state index in [0.29, 0.717) is 3.92 Å². The molecule has 104 valence electrons.